The molecule has 0 aliphatic heterocycles. The van der Waals surface area contributed by atoms with Gasteiger partial charge in [-0.1, -0.05) is 48.5 Å². The molecule has 0 radical (unpaired) electrons. The molecule has 0 saturated heterocycles. The van der Waals surface area contributed by atoms with Gasteiger partial charge < -0.3 is 4.57 Å². The first-order chi connectivity index (χ1) is 13.7. The lowest BCUT2D eigenvalue weighted by Crippen LogP contribution is -2.06. The minimum atomic E-state index is -0.241. The molecular weight excluding hydrogens is 348 g/mol. The predicted octanol–water partition coefficient (Wildman–Crippen LogP) is 4.35. The van der Waals surface area contributed by atoms with Gasteiger partial charge in [-0.3, -0.25) is 9.78 Å². The molecule has 0 atom stereocenters. The number of aromatic nitrogens is 3. The lowest BCUT2D eigenvalue weighted by atomic mass is 9.99. The lowest BCUT2D eigenvalue weighted by Gasteiger charge is -2.10. The van der Waals surface area contributed by atoms with Crippen LogP contribution >= 0.6 is 0 Å². The van der Waals surface area contributed by atoms with Crippen LogP contribution in [0.1, 0.15) is 27.3 Å². The molecule has 134 valence electrons. The number of aryl methyl sites for hydroxylation is 1. The highest BCUT2D eigenvalue weighted by Gasteiger charge is 2.18. The minimum absolute atomic E-state index is 0.241. The quantitative estimate of drug-likeness (QED) is 0.505. The smallest absolute Gasteiger partial charge is 0.231 e. The first-order valence-corrected chi connectivity index (χ1v) is 8.78. The Morgan fingerprint density at radius 2 is 1.82 bits per heavy atom. The molecule has 0 bridgehead atoms. The Bertz CT molecular complexity index is 1200. The van der Waals surface area contributed by atoms with E-state index in [0.29, 0.717) is 16.9 Å². The highest BCUT2D eigenvalue weighted by atomic mass is 16.1. The van der Waals surface area contributed by atoms with Crippen LogP contribution < -0.4 is 0 Å². The number of carbonyl (C=O) groups excluding carboxylic acids is 1. The Hall–Kier alpha value is -4.04. The number of pyridine rings is 1. The number of hydrogen-bond acceptors (Lipinski definition) is 4. The zero-order valence-corrected chi connectivity index (χ0v) is 15.2. The van der Waals surface area contributed by atoms with E-state index in [1.807, 2.05) is 61.5 Å². The summed E-state index contributed by atoms with van der Waals surface area (Å²) in [4.78, 5) is 21.2. The van der Waals surface area contributed by atoms with Crippen LogP contribution in [0.4, 0.5) is 0 Å². The van der Waals surface area contributed by atoms with Gasteiger partial charge in [0.25, 0.3) is 0 Å². The van der Waals surface area contributed by atoms with Gasteiger partial charge in [0.05, 0.1) is 11.3 Å². The van der Waals surface area contributed by atoms with Gasteiger partial charge in [-0.05, 0) is 30.2 Å². The van der Waals surface area contributed by atoms with Crippen molar-refractivity contribution in [3.63, 3.8) is 0 Å². The summed E-state index contributed by atoms with van der Waals surface area (Å²) in [6, 6.07) is 21.3. The summed E-state index contributed by atoms with van der Waals surface area (Å²) in [5, 5.41) is 9.79. The molecule has 0 spiro atoms. The first kappa shape index (κ1) is 17.4. The molecule has 2 aromatic carbocycles. The van der Waals surface area contributed by atoms with E-state index in [1.165, 1.54) is 0 Å². The van der Waals surface area contributed by atoms with Crippen molar-refractivity contribution < 1.29 is 4.79 Å². The van der Waals surface area contributed by atoms with E-state index in [-0.39, 0.29) is 11.5 Å². The highest BCUT2D eigenvalue weighted by molar-refractivity contribution is 6.07. The van der Waals surface area contributed by atoms with Crippen LogP contribution in [0.3, 0.4) is 0 Å². The maximum atomic E-state index is 12.8. The van der Waals surface area contributed by atoms with Gasteiger partial charge in [-0.2, -0.15) is 5.26 Å². The second-order valence-corrected chi connectivity index (χ2v) is 6.34. The molecule has 0 saturated carbocycles. The zero-order chi connectivity index (χ0) is 19.5. The van der Waals surface area contributed by atoms with Crippen molar-refractivity contribution in [2.24, 2.45) is 0 Å². The third kappa shape index (κ3) is 3.08. The van der Waals surface area contributed by atoms with Crippen LogP contribution in [-0.4, -0.2) is 20.3 Å². The number of nitrogens with zero attached hydrogens (tertiary/aromatic N) is 4. The Morgan fingerprint density at radius 3 is 2.57 bits per heavy atom. The van der Waals surface area contributed by atoms with Crippen molar-refractivity contribution >= 4 is 5.78 Å². The monoisotopic (exact) mass is 364 g/mol. The summed E-state index contributed by atoms with van der Waals surface area (Å²) in [6.45, 7) is 1.84. The number of imidazole rings is 1. The molecule has 0 amide bonds. The number of ketones is 1. The lowest BCUT2D eigenvalue weighted by molar-refractivity contribution is 0.102. The summed E-state index contributed by atoms with van der Waals surface area (Å²) in [5.41, 5.74) is 4.46. The number of nitriles is 1. The van der Waals surface area contributed by atoms with Crippen LogP contribution in [0, 0.1) is 18.3 Å². The largest absolute Gasteiger partial charge is 0.304 e. The third-order valence-corrected chi connectivity index (χ3v) is 4.56. The fourth-order valence-electron chi connectivity index (χ4n) is 3.15. The molecule has 0 fully saturated rings. The Kier molecular flexibility index (Phi) is 4.53. The van der Waals surface area contributed by atoms with Crippen molar-refractivity contribution in [2.45, 2.75) is 6.92 Å². The Morgan fingerprint density at radius 1 is 1.00 bits per heavy atom. The first-order valence-electron chi connectivity index (χ1n) is 8.78. The predicted molar refractivity (Wildman–Crippen MR) is 106 cm³/mol. The second kappa shape index (κ2) is 7.29. The summed E-state index contributed by atoms with van der Waals surface area (Å²) < 4.78 is 1.70. The van der Waals surface area contributed by atoms with Crippen LogP contribution in [0.2, 0.25) is 0 Å². The average Bonchev–Trinajstić information content (AvgIpc) is 3.24. The molecule has 5 heteroatoms. The van der Waals surface area contributed by atoms with E-state index in [4.69, 9.17) is 0 Å². The van der Waals surface area contributed by atoms with Crippen molar-refractivity contribution in [3.8, 4) is 22.9 Å². The molecule has 4 rings (SSSR count). The van der Waals surface area contributed by atoms with E-state index in [2.05, 4.69) is 16.0 Å². The normalized spacial score (nSPS) is 10.4. The van der Waals surface area contributed by atoms with Gasteiger partial charge in [0.1, 0.15) is 23.8 Å². The maximum Gasteiger partial charge on any atom is 0.231 e. The van der Waals surface area contributed by atoms with E-state index in [9.17, 15) is 10.1 Å². The molecule has 0 unspecified atom stereocenters. The van der Waals surface area contributed by atoms with Gasteiger partial charge in [0.15, 0.2) is 0 Å². The summed E-state index contributed by atoms with van der Waals surface area (Å²) in [6.07, 6.45) is 4.78. The SMILES string of the molecule is Cc1cccnc1C(=O)c1cn(-c2cccc(-c3ccccc3)c2C#N)cn1. The summed E-state index contributed by atoms with van der Waals surface area (Å²) in [7, 11) is 0. The van der Waals surface area contributed by atoms with Crippen molar-refractivity contribution in [1.29, 1.82) is 5.26 Å². The summed E-state index contributed by atoms with van der Waals surface area (Å²) >= 11 is 0. The molecular formula is C23H16N4O. The van der Waals surface area contributed by atoms with Gasteiger partial charge in [0.2, 0.25) is 5.78 Å². The Labute approximate surface area is 162 Å². The number of benzene rings is 2. The molecule has 0 N–H and O–H groups in total. The second-order valence-electron chi connectivity index (χ2n) is 6.34. The Balaban J connectivity index is 1.77. The maximum absolute atomic E-state index is 12.8. The molecule has 2 heterocycles. The zero-order valence-electron chi connectivity index (χ0n) is 15.2. The fraction of sp³-hybridized carbons (Fsp3) is 0.0435. The van der Waals surface area contributed by atoms with Gasteiger partial charge in [-0.25, -0.2) is 4.98 Å². The van der Waals surface area contributed by atoms with Crippen LogP contribution in [0.5, 0.6) is 0 Å². The number of carbonyl (C=O) groups is 1. The highest BCUT2D eigenvalue weighted by Crippen LogP contribution is 2.28. The van der Waals surface area contributed by atoms with E-state index < -0.39 is 0 Å². The van der Waals surface area contributed by atoms with E-state index in [0.717, 1.165) is 16.7 Å². The number of rotatable bonds is 4. The van der Waals surface area contributed by atoms with Crippen LogP contribution in [0.25, 0.3) is 16.8 Å². The van der Waals surface area contributed by atoms with Gasteiger partial charge >= 0.3 is 0 Å². The third-order valence-electron chi connectivity index (χ3n) is 4.56. The minimum Gasteiger partial charge on any atom is -0.304 e. The van der Waals surface area contributed by atoms with Gasteiger partial charge in [-0.15, -0.1) is 0 Å². The van der Waals surface area contributed by atoms with Gasteiger partial charge in [0, 0.05) is 18.0 Å². The van der Waals surface area contributed by atoms with Crippen molar-refractivity contribution in [3.05, 3.63) is 102 Å². The molecule has 28 heavy (non-hydrogen) atoms. The summed E-state index contributed by atoms with van der Waals surface area (Å²) in [5.74, 6) is -0.241. The topological polar surface area (TPSA) is 71.6 Å². The van der Waals surface area contributed by atoms with Crippen molar-refractivity contribution in [2.75, 3.05) is 0 Å². The molecule has 5 nitrogen and oxygen atoms in total. The van der Waals surface area contributed by atoms with Crippen LogP contribution in [0.15, 0.2) is 79.4 Å². The molecule has 4 aromatic rings. The molecule has 0 aliphatic carbocycles. The van der Waals surface area contributed by atoms with Crippen molar-refractivity contribution in [1.82, 2.24) is 14.5 Å². The molecule has 0 aliphatic rings. The average molecular weight is 364 g/mol. The molecule has 2 aromatic heterocycles. The fourth-order valence-corrected chi connectivity index (χ4v) is 3.15. The van der Waals surface area contributed by atoms with E-state index in [1.54, 1.807) is 29.4 Å². The standard InChI is InChI=1S/C23H16N4O/c1-16-7-6-12-25-22(16)23(28)20-14-27(15-26-20)21-11-5-10-18(19(21)13-24)17-8-3-2-4-9-17/h2-12,14-15H,1H3. The van der Waals surface area contributed by atoms with E-state index >= 15 is 0 Å². The van der Waals surface area contributed by atoms with Crippen LogP contribution in [-0.2, 0) is 0 Å². The number of hydrogen-bond donors (Lipinski definition) is 0.